The van der Waals surface area contributed by atoms with Gasteiger partial charge in [0.15, 0.2) is 0 Å². The molecule has 0 bridgehead atoms. The van der Waals surface area contributed by atoms with Gasteiger partial charge in [0, 0.05) is 30.7 Å². The second kappa shape index (κ2) is 5.51. The van der Waals surface area contributed by atoms with Gasteiger partial charge in [0.05, 0.1) is 0 Å². The molecule has 1 N–H and O–H groups in total. The van der Waals surface area contributed by atoms with Gasteiger partial charge in [0.25, 0.3) is 0 Å². The van der Waals surface area contributed by atoms with E-state index in [1.807, 2.05) is 23.1 Å². The van der Waals surface area contributed by atoms with Crippen molar-refractivity contribution in [1.82, 2.24) is 10.2 Å². The minimum atomic E-state index is 0.586. The van der Waals surface area contributed by atoms with Crippen molar-refractivity contribution in [1.29, 1.82) is 0 Å². The highest BCUT2D eigenvalue weighted by Crippen LogP contribution is 2.37. The highest BCUT2D eigenvalue weighted by atomic mass is 35.5. The lowest BCUT2D eigenvalue weighted by molar-refractivity contribution is -0.117. The number of rotatable bonds is 4. The fraction of sp³-hybridized carbons (Fsp3) is 0.533. The lowest BCUT2D eigenvalue weighted by Crippen LogP contribution is -2.29. The molecule has 1 saturated carbocycles. The first kappa shape index (κ1) is 12.9. The predicted molar refractivity (Wildman–Crippen MR) is 75.9 cm³/mol. The number of fused-ring (bicyclic) bond motifs is 1. The van der Waals surface area contributed by atoms with Gasteiger partial charge in [-0.1, -0.05) is 23.7 Å². The normalized spacial score (nSPS) is 29.5. The number of carbonyl (C=O) groups is 1. The molecule has 2 unspecified atom stereocenters. The van der Waals surface area contributed by atoms with Crippen LogP contribution >= 0.6 is 11.6 Å². The fourth-order valence-electron chi connectivity index (χ4n) is 3.50. The summed E-state index contributed by atoms with van der Waals surface area (Å²) in [6, 6.07) is 8.59. The smallest absolute Gasteiger partial charge is 0.209 e. The van der Waals surface area contributed by atoms with Crippen molar-refractivity contribution in [2.75, 3.05) is 13.1 Å². The molecule has 1 saturated heterocycles. The van der Waals surface area contributed by atoms with E-state index in [1.54, 1.807) is 0 Å². The molecule has 1 aromatic carbocycles. The summed E-state index contributed by atoms with van der Waals surface area (Å²) < 4.78 is 0. The average Bonchev–Trinajstić information content (AvgIpc) is 2.94. The van der Waals surface area contributed by atoms with Crippen molar-refractivity contribution in [3.8, 4) is 0 Å². The molecular formula is C15H19ClN2O. The Bertz CT molecular complexity index is 451. The Hall–Kier alpha value is -1.06. The first-order valence-corrected chi connectivity index (χ1v) is 7.29. The Morgan fingerprint density at radius 2 is 2.05 bits per heavy atom. The van der Waals surface area contributed by atoms with Gasteiger partial charge >= 0.3 is 0 Å². The number of carbonyl (C=O) groups excluding carboxylic acids is 1. The molecule has 2 aliphatic rings. The summed E-state index contributed by atoms with van der Waals surface area (Å²) >= 11 is 5.98. The highest BCUT2D eigenvalue weighted by Gasteiger charge is 2.40. The zero-order valence-electron chi connectivity index (χ0n) is 10.9. The van der Waals surface area contributed by atoms with Gasteiger partial charge in [-0.15, -0.1) is 0 Å². The van der Waals surface area contributed by atoms with Crippen molar-refractivity contribution in [3.05, 3.63) is 34.9 Å². The lowest BCUT2D eigenvalue weighted by Gasteiger charge is -2.16. The molecule has 1 aromatic rings. The Kier molecular flexibility index (Phi) is 3.76. The van der Waals surface area contributed by atoms with Gasteiger partial charge in [0.2, 0.25) is 6.41 Å². The summed E-state index contributed by atoms with van der Waals surface area (Å²) in [5.41, 5.74) is 1.24. The van der Waals surface area contributed by atoms with E-state index in [0.29, 0.717) is 17.9 Å². The van der Waals surface area contributed by atoms with Crippen LogP contribution in [0.15, 0.2) is 24.3 Å². The highest BCUT2D eigenvalue weighted by molar-refractivity contribution is 6.30. The number of hydrogen-bond donors (Lipinski definition) is 1. The molecule has 19 heavy (non-hydrogen) atoms. The van der Waals surface area contributed by atoms with Gasteiger partial charge in [-0.2, -0.15) is 0 Å². The summed E-state index contributed by atoms with van der Waals surface area (Å²) in [7, 11) is 0. The number of nitrogens with zero attached hydrogens (tertiary/aromatic N) is 1. The number of halogens is 1. The molecule has 1 heterocycles. The van der Waals surface area contributed by atoms with E-state index in [9.17, 15) is 4.79 Å². The third kappa shape index (κ3) is 2.93. The molecule has 3 nitrogen and oxygen atoms in total. The summed E-state index contributed by atoms with van der Waals surface area (Å²) in [4.78, 5) is 12.7. The van der Waals surface area contributed by atoms with Crippen LogP contribution in [0.2, 0.25) is 5.02 Å². The molecule has 1 amide bonds. The van der Waals surface area contributed by atoms with Crippen molar-refractivity contribution in [2.45, 2.75) is 25.4 Å². The molecule has 0 radical (unpaired) electrons. The molecule has 3 rings (SSSR count). The molecule has 1 aliphatic heterocycles. The predicted octanol–water partition coefficient (Wildman–Crippen LogP) is 2.30. The molecule has 2 fully saturated rings. The number of hydrogen-bond acceptors (Lipinski definition) is 2. The Morgan fingerprint density at radius 1 is 1.32 bits per heavy atom. The molecule has 102 valence electrons. The quantitative estimate of drug-likeness (QED) is 0.857. The molecule has 1 aliphatic carbocycles. The summed E-state index contributed by atoms with van der Waals surface area (Å²) in [5.74, 6) is 1.39. The van der Waals surface area contributed by atoms with Crippen LogP contribution in [-0.2, 0) is 11.3 Å². The number of amides is 1. The van der Waals surface area contributed by atoms with E-state index in [1.165, 1.54) is 18.4 Å². The minimum absolute atomic E-state index is 0.586. The fourth-order valence-corrected chi connectivity index (χ4v) is 3.71. The largest absolute Gasteiger partial charge is 0.345 e. The van der Waals surface area contributed by atoms with E-state index in [-0.39, 0.29) is 0 Å². The SMILES string of the molecule is O=CN1CC2CC(NCc3cccc(Cl)c3)CC2C1. The Morgan fingerprint density at radius 3 is 2.68 bits per heavy atom. The third-order valence-corrected chi connectivity index (χ3v) is 4.65. The second-order valence-electron chi connectivity index (χ2n) is 5.76. The van der Waals surface area contributed by atoms with Crippen LogP contribution in [0, 0.1) is 11.8 Å². The van der Waals surface area contributed by atoms with Crippen LogP contribution in [0.25, 0.3) is 0 Å². The topological polar surface area (TPSA) is 32.3 Å². The van der Waals surface area contributed by atoms with Gasteiger partial charge < -0.3 is 10.2 Å². The van der Waals surface area contributed by atoms with Crippen LogP contribution in [0.5, 0.6) is 0 Å². The maximum absolute atomic E-state index is 10.8. The van der Waals surface area contributed by atoms with Gasteiger partial charge in [0.1, 0.15) is 0 Å². The van der Waals surface area contributed by atoms with E-state index in [0.717, 1.165) is 31.1 Å². The van der Waals surface area contributed by atoms with Crippen molar-refractivity contribution >= 4 is 18.0 Å². The van der Waals surface area contributed by atoms with Crippen LogP contribution in [0.1, 0.15) is 18.4 Å². The third-order valence-electron chi connectivity index (χ3n) is 4.41. The first-order valence-electron chi connectivity index (χ1n) is 6.92. The Balaban J connectivity index is 1.50. The van der Waals surface area contributed by atoms with E-state index < -0.39 is 0 Å². The van der Waals surface area contributed by atoms with E-state index >= 15 is 0 Å². The zero-order valence-corrected chi connectivity index (χ0v) is 11.6. The van der Waals surface area contributed by atoms with E-state index in [2.05, 4.69) is 11.4 Å². The molecule has 0 aromatic heterocycles. The van der Waals surface area contributed by atoms with E-state index in [4.69, 9.17) is 11.6 Å². The van der Waals surface area contributed by atoms with Gasteiger partial charge in [-0.05, 0) is 42.4 Å². The number of benzene rings is 1. The summed E-state index contributed by atoms with van der Waals surface area (Å²) in [5, 5.41) is 4.42. The monoisotopic (exact) mass is 278 g/mol. The molecule has 4 heteroatoms. The second-order valence-corrected chi connectivity index (χ2v) is 6.20. The molecule has 0 spiro atoms. The lowest BCUT2D eigenvalue weighted by atomic mass is 10.0. The van der Waals surface area contributed by atoms with Crippen LogP contribution in [-0.4, -0.2) is 30.4 Å². The molecular weight excluding hydrogens is 260 g/mol. The average molecular weight is 279 g/mol. The summed E-state index contributed by atoms with van der Waals surface area (Å²) in [6.45, 7) is 2.77. The van der Waals surface area contributed by atoms with Crippen molar-refractivity contribution in [3.63, 3.8) is 0 Å². The maximum atomic E-state index is 10.8. The Labute approximate surface area is 118 Å². The summed E-state index contributed by atoms with van der Waals surface area (Å²) in [6.07, 6.45) is 3.37. The standard InChI is InChI=1S/C15H19ClN2O/c16-14-3-1-2-11(4-14)7-17-15-5-12-8-18(10-19)9-13(12)6-15/h1-4,10,12-13,15,17H,5-9H2. The van der Waals surface area contributed by atoms with Crippen LogP contribution < -0.4 is 5.32 Å². The number of nitrogens with one attached hydrogen (secondary N) is 1. The van der Waals surface area contributed by atoms with Crippen molar-refractivity contribution in [2.24, 2.45) is 11.8 Å². The maximum Gasteiger partial charge on any atom is 0.209 e. The number of likely N-dealkylation sites (tertiary alicyclic amines) is 1. The van der Waals surface area contributed by atoms with Crippen molar-refractivity contribution < 1.29 is 4.79 Å². The van der Waals surface area contributed by atoms with Crippen LogP contribution in [0.4, 0.5) is 0 Å². The van der Waals surface area contributed by atoms with Crippen LogP contribution in [0.3, 0.4) is 0 Å². The van der Waals surface area contributed by atoms with Gasteiger partial charge in [-0.3, -0.25) is 4.79 Å². The first-order chi connectivity index (χ1) is 9.24. The molecule has 2 atom stereocenters. The van der Waals surface area contributed by atoms with Gasteiger partial charge in [-0.25, -0.2) is 0 Å². The zero-order chi connectivity index (χ0) is 13.2. The minimum Gasteiger partial charge on any atom is -0.345 e.